The number of nitrogens with zero attached hydrogens (tertiary/aromatic N) is 3. The first-order chi connectivity index (χ1) is 21.8. The molecule has 0 radical (unpaired) electrons. The molecule has 0 bridgehead atoms. The quantitative estimate of drug-likeness (QED) is 0.208. The van der Waals surface area contributed by atoms with E-state index in [0.29, 0.717) is 5.82 Å². The first-order valence-corrected chi connectivity index (χ1v) is 15.6. The summed E-state index contributed by atoms with van der Waals surface area (Å²) in [7, 11) is 0. The van der Waals surface area contributed by atoms with E-state index in [1.807, 2.05) is 23.5 Å². The van der Waals surface area contributed by atoms with Gasteiger partial charge in [0, 0.05) is 53.3 Å². The number of aromatic nitrogens is 3. The monoisotopic (exact) mass is 579 g/mol. The van der Waals surface area contributed by atoms with E-state index in [1.165, 1.54) is 42.0 Å². The lowest BCUT2D eigenvalue weighted by molar-refractivity contribution is 1.16. The Kier molecular flexibility index (Phi) is 5.68. The van der Waals surface area contributed by atoms with Gasteiger partial charge in [0.2, 0.25) is 0 Å². The number of fused-ring (bicyclic) bond motifs is 7. The van der Waals surface area contributed by atoms with Crippen LogP contribution >= 0.6 is 11.3 Å². The molecule has 0 aliphatic rings. The molecule has 0 N–H and O–H groups in total. The highest BCUT2D eigenvalue weighted by atomic mass is 32.1. The minimum atomic E-state index is 0.708. The molecule has 0 saturated carbocycles. The van der Waals surface area contributed by atoms with Crippen molar-refractivity contribution in [3.8, 4) is 39.6 Å². The van der Waals surface area contributed by atoms with Crippen molar-refractivity contribution in [1.82, 2.24) is 14.5 Å². The third kappa shape index (κ3) is 3.96. The molecule has 6 aromatic carbocycles. The zero-order valence-corrected chi connectivity index (χ0v) is 24.5. The lowest BCUT2D eigenvalue weighted by Crippen LogP contribution is -1.98. The van der Waals surface area contributed by atoms with Gasteiger partial charge in [-0.3, -0.25) is 0 Å². The maximum absolute atomic E-state index is 5.09. The molecule has 3 nitrogen and oxygen atoms in total. The molecule has 0 saturated heterocycles. The van der Waals surface area contributed by atoms with E-state index in [0.717, 1.165) is 33.8 Å². The van der Waals surface area contributed by atoms with Crippen LogP contribution in [0.15, 0.2) is 152 Å². The van der Waals surface area contributed by atoms with E-state index < -0.39 is 0 Å². The summed E-state index contributed by atoms with van der Waals surface area (Å²) in [6.07, 6.45) is 0. The van der Waals surface area contributed by atoms with Crippen LogP contribution in [-0.4, -0.2) is 14.5 Å². The van der Waals surface area contributed by atoms with E-state index in [-0.39, 0.29) is 0 Å². The fourth-order valence-corrected chi connectivity index (χ4v) is 7.65. The van der Waals surface area contributed by atoms with E-state index in [9.17, 15) is 0 Å². The normalized spacial score (nSPS) is 11.6. The molecule has 0 aliphatic heterocycles. The smallest absolute Gasteiger partial charge is 0.160 e. The van der Waals surface area contributed by atoms with E-state index in [1.54, 1.807) is 0 Å². The second-order valence-electron chi connectivity index (χ2n) is 11.0. The zero-order valence-electron chi connectivity index (χ0n) is 23.7. The fraction of sp³-hybridized carbons (Fsp3) is 0. The van der Waals surface area contributed by atoms with Crippen LogP contribution in [0.25, 0.3) is 81.6 Å². The predicted octanol–water partition coefficient (Wildman–Crippen LogP) is 10.9. The number of para-hydroxylation sites is 1. The molecule has 9 rings (SSSR count). The van der Waals surface area contributed by atoms with Crippen LogP contribution < -0.4 is 0 Å². The molecule has 0 aliphatic carbocycles. The minimum absolute atomic E-state index is 0.708. The first-order valence-electron chi connectivity index (χ1n) is 14.8. The second kappa shape index (κ2) is 10.0. The Labute approximate surface area is 258 Å². The van der Waals surface area contributed by atoms with Crippen LogP contribution in [0.2, 0.25) is 0 Å². The Bertz CT molecular complexity index is 2430. The predicted molar refractivity (Wildman–Crippen MR) is 186 cm³/mol. The molecule has 0 fully saturated rings. The molecule has 4 heteroatoms. The average Bonchev–Trinajstić information content (AvgIpc) is 3.65. The molecule has 0 atom stereocenters. The molecule has 44 heavy (non-hydrogen) atoms. The summed E-state index contributed by atoms with van der Waals surface area (Å²) < 4.78 is 5.04. The summed E-state index contributed by atoms with van der Waals surface area (Å²) >= 11 is 1.88. The van der Waals surface area contributed by atoms with Crippen molar-refractivity contribution < 1.29 is 0 Å². The van der Waals surface area contributed by atoms with Crippen LogP contribution in [0, 0.1) is 0 Å². The highest BCUT2D eigenvalue weighted by Crippen LogP contribution is 2.43. The molecular weight excluding hydrogens is 555 g/mol. The highest BCUT2D eigenvalue weighted by Gasteiger charge is 2.18. The summed E-state index contributed by atoms with van der Waals surface area (Å²) in [6.45, 7) is 0. The lowest BCUT2D eigenvalue weighted by Gasteiger charge is -2.12. The summed E-state index contributed by atoms with van der Waals surface area (Å²) in [4.78, 5) is 10.2. The van der Waals surface area contributed by atoms with Gasteiger partial charge >= 0.3 is 0 Å². The SMILES string of the molecule is c1ccc(-c2cc(-c3ccccc3)nc(-c3cccc(-n4c5ccccc5c5c6sc7ccccc7c6ccc54)c3)n2)cc1. The van der Waals surface area contributed by atoms with Crippen molar-refractivity contribution in [1.29, 1.82) is 0 Å². The highest BCUT2D eigenvalue weighted by molar-refractivity contribution is 7.26. The van der Waals surface area contributed by atoms with E-state index in [2.05, 4.69) is 144 Å². The van der Waals surface area contributed by atoms with Gasteiger partial charge in [-0.25, -0.2) is 9.97 Å². The van der Waals surface area contributed by atoms with Crippen molar-refractivity contribution in [2.45, 2.75) is 0 Å². The topological polar surface area (TPSA) is 30.7 Å². The fourth-order valence-electron chi connectivity index (χ4n) is 6.39. The summed E-state index contributed by atoms with van der Waals surface area (Å²) in [5.41, 5.74) is 8.40. The standard InChI is InChI=1S/C40H25N3S/c1-3-12-26(13-4-1)33-25-34(27-14-5-2-6-15-27)42-40(41-33)28-16-11-17-29(24-28)43-35-20-9-7-19-32(35)38-36(43)23-22-31-30-18-8-10-21-37(30)44-39(31)38/h1-25H. The van der Waals surface area contributed by atoms with Gasteiger partial charge in [0.05, 0.1) is 22.4 Å². The molecule has 206 valence electrons. The average molecular weight is 580 g/mol. The van der Waals surface area contributed by atoms with Gasteiger partial charge < -0.3 is 4.57 Å². The maximum atomic E-state index is 5.09. The van der Waals surface area contributed by atoms with Crippen molar-refractivity contribution in [2.24, 2.45) is 0 Å². The van der Waals surface area contributed by atoms with Gasteiger partial charge in [-0.1, -0.05) is 115 Å². The number of hydrogen-bond acceptors (Lipinski definition) is 3. The van der Waals surface area contributed by atoms with Crippen molar-refractivity contribution in [2.75, 3.05) is 0 Å². The van der Waals surface area contributed by atoms with Crippen molar-refractivity contribution >= 4 is 53.3 Å². The van der Waals surface area contributed by atoms with E-state index >= 15 is 0 Å². The number of rotatable bonds is 4. The van der Waals surface area contributed by atoms with E-state index in [4.69, 9.17) is 9.97 Å². The summed E-state index contributed by atoms with van der Waals surface area (Å²) in [5.74, 6) is 0.708. The summed E-state index contributed by atoms with van der Waals surface area (Å²) in [6, 6.07) is 53.4. The number of benzene rings is 6. The van der Waals surface area contributed by atoms with Crippen molar-refractivity contribution in [3.05, 3.63) is 152 Å². The Morgan fingerprint density at radius 2 is 1.09 bits per heavy atom. The Morgan fingerprint density at radius 1 is 0.455 bits per heavy atom. The van der Waals surface area contributed by atoms with Gasteiger partial charge in [-0.05, 0) is 36.4 Å². The third-order valence-corrected chi connectivity index (χ3v) is 9.61. The van der Waals surface area contributed by atoms with Gasteiger partial charge in [-0.15, -0.1) is 11.3 Å². The van der Waals surface area contributed by atoms with Crippen molar-refractivity contribution in [3.63, 3.8) is 0 Å². The minimum Gasteiger partial charge on any atom is -0.309 e. The van der Waals surface area contributed by atoms with Gasteiger partial charge in [0.25, 0.3) is 0 Å². The number of hydrogen-bond donors (Lipinski definition) is 0. The largest absolute Gasteiger partial charge is 0.309 e. The van der Waals surface area contributed by atoms with Crippen LogP contribution in [0.5, 0.6) is 0 Å². The maximum Gasteiger partial charge on any atom is 0.160 e. The third-order valence-electron chi connectivity index (χ3n) is 8.41. The molecule has 0 amide bonds. The van der Waals surface area contributed by atoms with Gasteiger partial charge in [-0.2, -0.15) is 0 Å². The van der Waals surface area contributed by atoms with Crippen LogP contribution in [0.1, 0.15) is 0 Å². The van der Waals surface area contributed by atoms with Crippen LogP contribution in [-0.2, 0) is 0 Å². The molecule has 9 aromatic rings. The first kappa shape index (κ1) is 25.0. The zero-order chi connectivity index (χ0) is 29.0. The second-order valence-corrected chi connectivity index (χ2v) is 12.1. The Morgan fingerprint density at radius 3 is 1.84 bits per heavy atom. The molecule has 3 heterocycles. The van der Waals surface area contributed by atoms with Crippen LogP contribution in [0.3, 0.4) is 0 Å². The van der Waals surface area contributed by atoms with Gasteiger partial charge in [0.1, 0.15) is 0 Å². The molecular formula is C40H25N3S. The Hall–Kier alpha value is -5.58. The number of thiophene rings is 1. The van der Waals surface area contributed by atoms with Crippen LogP contribution in [0.4, 0.5) is 0 Å². The van der Waals surface area contributed by atoms with Gasteiger partial charge in [0.15, 0.2) is 5.82 Å². The Balaban J connectivity index is 1.27. The molecule has 0 spiro atoms. The summed E-state index contributed by atoms with van der Waals surface area (Å²) in [5, 5.41) is 5.20. The lowest BCUT2D eigenvalue weighted by atomic mass is 10.1. The molecule has 0 unspecified atom stereocenters. The molecule has 3 aromatic heterocycles.